The number of hydrogen-bond donors (Lipinski definition) is 0. The van der Waals surface area contributed by atoms with Crippen LogP contribution in [0, 0.1) is 11.3 Å². The largest absolute Gasteiger partial charge is 0.500 e. The van der Waals surface area contributed by atoms with Gasteiger partial charge in [-0.3, -0.25) is 14.4 Å². The molecule has 1 unspecified atom stereocenters. The van der Waals surface area contributed by atoms with Crippen molar-refractivity contribution in [2.45, 2.75) is 20.8 Å². The van der Waals surface area contributed by atoms with Gasteiger partial charge >= 0.3 is 0 Å². The molecule has 0 heterocycles. The van der Waals surface area contributed by atoms with Gasteiger partial charge < -0.3 is 9.47 Å². The number of rotatable bonds is 5. The summed E-state index contributed by atoms with van der Waals surface area (Å²) in [6, 6.07) is 7.14. The van der Waals surface area contributed by atoms with Gasteiger partial charge in [-0.05, 0) is 44.5 Å². The van der Waals surface area contributed by atoms with Crippen molar-refractivity contribution in [3.63, 3.8) is 0 Å². The zero-order chi connectivity index (χ0) is 18.8. The minimum atomic E-state index is -1.32. The van der Waals surface area contributed by atoms with E-state index in [4.69, 9.17) is 9.47 Å². The molecular formula is C20H22O5. The Hall–Kier alpha value is -2.69. The Bertz CT molecular complexity index is 783. The summed E-state index contributed by atoms with van der Waals surface area (Å²) in [4.78, 5) is 37.8. The third-order valence-electron chi connectivity index (χ3n) is 4.44. The molecule has 1 atom stereocenters. The van der Waals surface area contributed by atoms with Crippen LogP contribution in [0.3, 0.4) is 0 Å². The topological polar surface area (TPSA) is 69.7 Å². The predicted molar refractivity (Wildman–Crippen MR) is 94.0 cm³/mol. The molecule has 1 aromatic rings. The van der Waals surface area contributed by atoms with Crippen molar-refractivity contribution >= 4 is 23.4 Å². The molecule has 5 heteroatoms. The fraction of sp³-hybridized carbons (Fsp3) is 0.350. The van der Waals surface area contributed by atoms with Crippen LogP contribution in [0.5, 0.6) is 5.75 Å². The van der Waals surface area contributed by atoms with Crippen LogP contribution in [-0.4, -0.2) is 31.6 Å². The molecule has 0 spiro atoms. The SMILES string of the molecule is COC1=C(C)C(=O)C(C(=O)C=Cc2cccc(OC)c2)C(=O)C1(C)C. The molecule has 0 amide bonds. The second-order valence-corrected chi connectivity index (χ2v) is 6.46. The fourth-order valence-corrected chi connectivity index (χ4v) is 3.08. The van der Waals surface area contributed by atoms with Crippen molar-refractivity contribution < 1.29 is 23.9 Å². The number of Topliss-reactive ketones (excluding diaryl/α,β-unsaturated/α-hetero) is 2. The van der Waals surface area contributed by atoms with E-state index < -0.39 is 28.7 Å². The molecule has 2 rings (SSSR count). The zero-order valence-electron chi connectivity index (χ0n) is 15.1. The average Bonchev–Trinajstić information content (AvgIpc) is 2.59. The summed E-state index contributed by atoms with van der Waals surface area (Å²) in [6.07, 6.45) is 2.85. The second-order valence-electron chi connectivity index (χ2n) is 6.46. The summed E-state index contributed by atoms with van der Waals surface area (Å²) in [5.74, 6) is -1.81. The van der Waals surface area contributed by atoms with Gasteiger partial charge in [-0.1, -0.05) is 18.2 Å². The Morgan fingerprint density at radius 1 is 1.16 bits per heavy atom. The number of methoxy groups -OCH3 is 2. The molecule has 0 saturated carbocycles. The Morgan fingerprint density at radius 2 is 1.84 bits per heavy atom. The van der Waals surface area contributed by atoms with Crippen LogP contribution in [0.2, 0.25) is 0 Å². The standard InChI is InChI=1S/C20H22O5/c1-12-17(22)16(18(23)20(2,3)19(12)25-5)15(21)10-9-13-7-6-8-14(11-13)24-4/h6-11,16H,1-5H3. The number of benzene rings is 1. The maximum atomic E-state index is 12.7. The number of ether oxygens (including phenoxy) is 2. The molecule has 5 nitrogen and oxygen atoms in total. The van der Waals surface area contributed by atoms with Gasteiger partial charge in [0.1, 0.15) is 17.4 Å². The molecule has 0 aliphatic heterocycles. The molecule has 0 aromatic heterocycles. The number of carbonyl (C=O) groups is 3. The first-order chi connectivity index (χ1) is 11.7. The highest BCUT2D eigenvalue weighted by Crippen LogP contribution is 2.39. The van der Waals surface area contributed by atoms with Crippen LogP contribution in [0.1, 0.15) is 26.3 Å². The highest BCUT2D eigenvalue weighted by atomic mass is 16.5. The van der Waals surface area contributed by atoms with Crippen LogP contribution >= 0.6 is 0 Å². The fourth-order valence-electron chi connectivity index (χ4n) is 3.08. The lowest BCUT2D eigenvalue weighted by Gasteiger charge is -2.34. The smallest absolute Gasteiger partial charge is 0.180 e. The maximum Gasteiger partial charge on any atom is 0.180 e. The molecule has 0 fully saturated rings. The van der Waals surface area contributed by atoms with E-state index in [-0.39, 0.29) is 0 Å². The molecule has 25 heavy (non-hydrogen) atoms. The summed E-state index contributed by atoms with van der Waals surface area (Å²) in [7, 11) is 2.98. The summed E-state index contributed by atoms with van der Waals surface area (Å²) in [5, 5.41) is 0. The van der Waals surface area contributed by atoms with Crippen LogP contribution < -0.4 is 4.74 Å². The highest BCUT2D eigenvalue weighted by molar-refractivity contribution is 6.30. The van der Waals surface area contributed by atoms with Crippen LogP contribution in [-0.2, 0) is 19.1 Å². The molecule has 0 bridgehead atoms. The van der Waals surface area contributed by atoms with E-state index in [0.717, 1.165) is 5.56 Å². The lowest BCUT2D eigenvalue weighted by molar-refractivity contribution is -0.143. The number of allylic oxidation sites excluding steroid dienone is 3. The Morgan fingerprint density at radius 3 is 2.44 bits per heavy atom. The maximum absolute atomic E-state index is 12.7. The normalized spacial score (nSPS) is 20.1. The summed E-state index contributed by atoms with van der Waals surface area (Å²) < 4.78 is 10.4. The minimum Gasteiger partial charge on any atom is -0.500 e. The monoisotopic (exact) mass is 342 g/mol. The van der Waals surface area contributed by atoms with E-state index in [2.05, 4.69) is 0 Å². The van der Waals surface area contributed by atoms with Crippen molar-refractivity contribution in [2.24, 2.45) is 11.3 Å². The van der Waals surface area contributed by atoms with E-state index in [9.17, 15) is 14.4 Å². The van der Waals surface area contributed by atoms with Crippen molar-refractivity contribution in [1.82, 2.24) is 0 Å². The van der Waals surface area contributed by atoms with Gasteiger partial charge in [-0.15, -0.1) is 0 Å². The van der Waals surface area contributed by atoms with Crippen LogP contribution in [0.25, 0.3) is 6.08 Å². The molecule has 0 saturated heterocycles. The Kier molecular flexibility index (Phi) is 5.26. The predicted octanol–water partition coefficient (Wildman–Crippen LogP) is 2.99. The first kappa shape index (κ1) is 18.6. The van der Waals surface area contributed by atoms with Gasteiger partial charge in [-0.2, -0.15) is 0 Å². The first-order valence-electron chi connectivity index (χ1n) is 7.94. The Balaban J connectivity index is 2.33. The van der Waals surface area contributed by atoms with Gasteiger partial charge in [0.25, 0.3) is 0 Å². The van der Waals surface area contributed by atoms with Crippen LogP contribution in [0.4, 0.5) is 0 Å². The van der Waals surface area contributed by atoms with Crippen molar-refractivity contribution in [2.75, 3.05) is 14.2 Å². The van der Waals surface area contributed by atoms with Crippen molar-refractivity contribution in [3.8, 4) is 5.75 Å². The van der Waals surface area contributed by atoms with Gasteiger partial charge in [0, 0.05) is 5.57 Å². The molecule has 1 aromatic carbocycles. The van der Waals surface area contributed by atoms with Gasteiger partial charge in [0.05, 0.1) is 19.6 Å². The lowest BCUT2D eigenvalue weighted by Crippen LogP contribution is -2.46. The third-order valence-corrected chi connectivity index (χ3v) is 4.44. The lowest BCUT2D eigenvalue weighted by atomic mass is 9.69. The molecule has 0 N–H and O–H groups in total. The third kappa shape index (κ3) is 3.40. The quantitative estimate of drug-likeness (QED) is 0.608. The highest BCUT2D eigenvalue weighted by Gasteiger charge is 2.49. The van der Waals surface area contributed by atoms with E-state index >= 15 is 0 Å². The summed E-state index contributed by atoms with van der Waals surface area (Å²) in [5.41, 5.74) is 0.0457. The van der Waals surface area contributed by atoms with Crippen molar-refractivity contribution in [1.29, 1.82) is 0 Å². The zero-order valence-corrected chi connectivity index (χ0v) is 15.1. The van der Waals surface area contributed by atoms with Gasteiger partial charge in [0.2, 0.25) is 0 Å². The molecule has 1 aliphatic rings. The molecule has 1 aliphatic carbocycles. The van der Waals surface area contributed by atoms with Crippen molar-refractivity contribution in [3.05, 3.63) is 47.2 Å². The number of hydrogen-bond acceptors (Lipinski definition) is 5. The molecular weight excluding hydrogens is 320 g/mol. The summed E-state index contributed by atoms with van der Waals surface area (Å²) >= 11 is 0. The number of carbonyl (C=O) groups excluding carboxylic acids is 3. The molecule has 0 radical (unpaired) electrons. The minimum absolute atomic E-state index is 0.320. The second kappa shape index (κ2) is 7.05. The van der Waals surface area contributed by atoms with Gasteiger partial charge in [0.15, 0.2) is 17.3 Å². The van der Waals surface area contributed by atoms with Gasteiger partial charge in [-0.25, -0.2) is 0 Å². The molecule has 132 valence electrons. The van der Waals surface area contributed by atoms with E-state index in [0.29, 0.717) is 17.1 Å². The van der Waals surface area contributed by atoms with Crippen LogP contribution in [0.15, 0.2) is 41.7 Å². The van der Waals surface area contributed by atoms with E-state index in [1.807, 2.05) is 0 Å². The number of ketones is 3. The van der Waals surface area contributed by atoms with E-state index in [1.54, 1.807) is 58.2 Å². The Labute approximate surface area is 147 Å². The van der Waals surface area contributed by atoms with E-state index in [1.165, 1.54) is 13.2 Å². The first-order valence-corrected chi connectivity index (χ1v) is 7.94. The average molecular weight is 342 g/mol. The summed E-state index contributed by atoms with van der Waals surface area (Å²) in [6.45, 7) is 4.91.